The average Bonchev–Trinajstić information content (AvgIpc) is 2.35. The molecule has 0 saturated heterocycles. The predicted octanol–water partition coefficient (Wildman–Crippen LogP) is 5.69. The van der Waals surface area contributed by atoms with E-state index >= 15 is 0 Å². The van der Waals surface area contributed by atoms with Crippen LogP contribution in [0.15, 0.2) is 34.3 Å². The number of nitrogens with one attached hydrogen (secondary N) is 1. The standard InChI is InChI=1S/C18H26BrN/c1-3-20-18(15-9-7-5-4-6-8-10-15)16-11-14(2)12-17(19)13-16/h9,11-13,18,20H,3-8,10H2,1-2H3/b15-9+. The third-order valence-electron chi connectivity index (χ3n) is 4.00. The molecule has 1 aliphatic rings. The van der Waals surface area contributed by atoms with E-state index in [0.717, 1.165) is 6.54 Å². The molecular weight excluding hydrogens is 310 g/mol. The van der Waals surface area contributed by atoms with Crippen LogP contribution >= 0.6 is 15.9 Å². The molecule has 0 heterocycles. The minimum Gasteiger partial charge on any atom is -0.307 e. The number of rotatable bonds is 4. The summed E-state index contributed by atoms with van der Waals surface area (Å²) in [5.41, 5.74) is 4.30. The first-order chi connectivity index (χ1) is 9.70. The Balaban J connectivity index is 2.28. The van der Waals surface area contributed by atoms with Gasteiger partial charge in [0.05, 0.1) is 6.04 Å². The normalized spacial score (nSPS) is 20.6. The molecule has 0 aromatic heterocycles. The molecule has 0 fully saturated rings. The maximum atomic E-state index is 3.68. The lowest BCUT2D eigenvalue weighted by molar-refractivity contribution is 0.553. The van der Waals surface area contributed by atoms with Gasteiger partial charge in [-0.1, -0.05) is 53.4 Å². The van der Waals surface area contributed by atoms with E-state index in [0.29, 0.717) is 6.04 Å². The van der Waals surface area contributed by atoms with Crippen LogP contribution in [0.3, 0.4) is 0 Å². The quantitative estimate of drug-likeness (QED) is 0.697. The number of aryl methyl sites for hydroxylation is 1. The third kappa shape index (κ3) is 4.46. The van der Waals surface area contributed by atoms with Crippen LogP contribution in [0.1, 0.15) is 62.6 Å². The summed E-state index contributed by atoms with van der Waals surface area (Å²) in [7, 11) is 0. The number of likely N-dealkylation sites (N-methyl/N-ethyl adjacent to an activating group) is 1. The Hall–Kier alpha value is -0.600. The Morgan fingerprint density at radius 3 is 2.70 bits per heavy atom. The van der Waals surface area contributed by atoms with Crippen LogP contribution in [-0.2, 0) is 0 Å². The number of allylic oxidation sites excluding steroid dienone is 1. The van der Waals surface area contributed by atoms with Crippen molar-refractivity contribution in [1.29, 1.82) is 0 Å². The Kier molecular flexibility index (Phi) is 6.31. The van der Waals surface area contributed by atoms with Crippen molar-refractivity contribution in [2.24, 2.45) is 0 Å². The summed E-state index contributed by atoms with van der Waals surface area (Å²) in [6.45, 7) is 5.37. The highest BCUT2D eigenvalue weighted by atomic mass is 79.9. The Bertz CT molecular complexity index is 444. The van der Waals surface area contributed by atoms with Crippen LogP contribution in [0.25, 0.3) is 0 Å². The van der Waals surface area contributed by atoms with E-state index < -0.39 is 0 Å². The van der Waals surface area contributed by atoms with Crippen molar-refractivity contribution in [3.05, 3.63) is 45.4 Å². The lowest BCUT2D eigenvalue weighted by Gasteiger charge is -2.24. The van der Waals surface area contributed by atoms with Gasteiger partial charge in [0.25, 0.3) is 0 Å². The number of halogens is 1. The summed E-state index contributed by atoms with van der Waals surface area (Å²) in [6, 6.07) is 7.14. The predicted molar refractivity (Wildman–Crippen MR) is 91.1 cm³/mol. The number of hydrogen-bond acceptors (Lipinski definition) is 1. The molecule has 1 nitrogen and oxygen atoms in total. The molecule has 1 N–H and O–H groups in total. The van der Waals surface area contributed by atoms with E-state index in [1.54, 1.807) is 5.57 Å². The maximum absolute atomic E-state index is 3.68. The van der Waals surface area contributed by atoms with E-state index in [4.69, 9.17) is 0 Å². The maximum Gasteiger partial charge on any atom is 0.0536 e. The average molecular weight is 336 g/mol. The first-order valence-electron chi connectivity index (χ1n) is 7.90. The van der Waals surface area contributed by atoms with Crippen molar-refractivity contribution in [2.45, 2.75) is 58.4 Å². The summed E-state index contributed by atoms with van der Waals surface area (Å²) in [5, 5.41) is 3.68. The molecule has 0 amide bonds. The van der Waals surface area contributed by atoms with Crippen LogP contribution in [0.5, 0.6) is 0 Å². The molecule has 1 aliphatic carbocycles. The molecule has 2 rings (SSSR count). The van der Waals surface area contributed by atoms with Crippen LogP contribution in [0.4, 0.5) is 0 Å². The lowest BCUT2D eigenvalue weighted by Crippen LogP contribution is -2.23. The van der Waals surface area contributed by atoms with Crippen LogP contribution in [0, 0.1) is 6.92 Å². The third-order valence-corrected chi connectivity index (χ3v) is 4.46. The highest BCUT2D eigenvalue weighted by Crippen LogP contribution is 2.30. The molecule has 0 spiro atoms. The summed E-state index contributed by atoms with van der Waals surface area (Å²) in [6.07, 6.45) is 10.4. The smallest absolute Gasteiger partial charge is 0.0536 e. The van der Waals surface area contributed by atoms with Gasteiger partial charge in [-0.15, -0.1) is 0 Å². The number of benzene rings is 1. The van der Waals surface area contributed by atoms with Crippen molar-refractivity contribution < 1.29 is 0 Å². The second-order valence-electron chi connectivity index (χ2n) is 5.78. The molecule has 20 heavy (non-hydrogen) atoms. The van der Waals surface area contributed by atoms with Gasteiger partial charge in [-0.05, 0) is 62.4 Å². The van der Waals surface area contributed by atoms with Gasteiger partial charge in [0.15, 0.2) is 0 Å². The summed E-state index contributed by atoms with van der Waals surface area (Å²) in [5.74, 6) is 0. The van der Waals surface area contributed by atoms with E-state index in [1.807, 2.05) is 0 Å². The van der Waals surface area contributed by atoms with Crippen molar-refractivity contribution in [2.75, 3.05) is 6.54 Å². The van der Waals surface area contributed by atoms with Gasteiger partial charge in [-0.2, -0.15) is 0 Å². The zero-order valence-corrected chi connectivity index (χ0v) is 14.3. The second kappa shape index (κ2) is 7.99. The molecule has 1 unspecified atom stereocenters. The molecule has 110 valence electrons. The van der Waals surface area contributed by atoms with Gasteiger partial charge in [-0.3, -0.25) is 0 Å². The number of hydrogen-bond donors (Lipinski definition) is 1. The molecule has 0 radical (unpaired) electrons. The van der Waals surface area contributed by atoms with Gasteiger partial charge in [0, 0.05) is 4.47 Å². The summed E-state index contributed by atoms with van der Waals surface area (Å²) < 4.78 is 1.18. The molecular formula is C18H26BrN. The van der Waals surface area contributed by atoms with Gasteiger partial charge in [-0.25, -0.2) is 0 Å². The first-order valence-corrected chi connectivity index (χ1v) is 8.69. The minimum absolute atomic E-state index is 0.384. The zero-order chi connectivity index (χ0) is 14.4. The first kappa shape index (κ1) is 15.8. The molecule has 2 heteroatoms. The van der Waals surface area contributed by atoms with E-state index in [1.165, 1.54) is 54.1 Å². The van der Waals surface area contributed by atoms with E-state index in [2.05, 4.69) is 59.4 Å². The zero-order valence-electron chi connectivity index (χ0n) is 12.7. The topological polar surface area (TPSA) is 12.0 Å². The highest BCUT2D eigenvalue weighted by Gasteiger charge is 2.17. The monoisotopic (exact) mass is 335 g/mol. The molecule has 0 aliphatic heterocycles. The van der Waals surface area contributed by atoms with Crippen molar-refractivity contribution >= 4 is 15.9 Å². The fraction of sp³-hybridized carbons (Fsp3) is 0.556. The summed E-state index contributed by atoms with van der Waals surface area (Å²) in [4.78, 5) is 0. The lowest BCUT2D eigenvalue weighted by atomic mass is 9.90. The van der Waals surface area contributed by atoms with Crippen LogP contribution in [0.2, 0.25) is 0 Å². The van der Waals surface area contributed by atoms with Gasteiger partial charge in [0.2, 0.25) is 0 Å². The van der Waals surface area contributed by atoms with E-state index in [-0.39, 0.29) is 0 Å². The van der Waals surface area contributed by atoms with Crippen LogP contribution < -0.4 is 5.32 Å². The Labute approximate surface area is 132 Å². The largest absolute Gasteiger partial charge is 0.307 e. The van der Waals surface area contributed by atoms with Crippen molar-refractivity contribution in [1.82, 2.24) is 5.32 Å². The SMILES string of the molecule is CCNC(/C1=C/CCCCCC1)c1cc(C)cc(Br)c1. The fourth-order valence-electron chi connectivity index (χ4n) is 3.08. The van der Waals surface area contributed by atoms with Gasteiger partial charge in [0.1, 0.15) is 0 Å². The minimum atomic E-state index is 0.384. The molecule has 0 saturated carbocycles. The van der Waals surface area contributed by atoms with Crippen LogP contribution in [-0.4, -0.2) is 6.54 Å². The Morgan fingerprint density at radius 2 is 1.95 bits per heavy atom. The second-order valence-corrected chi connectivity index (χ2v) is 6.70. The molecule has 1 atom stereocenters. The molecule has 1 aromatic carbocycles. The van der Waals surface area contributed by atoms with Crippen molar-refractivity contribution in [3.63, 3.8) is 0 Å². The van der Waals surface area contributed by atoms with Gasteiger partial charge >= 0.3 is 0 Å². The van der Waals surface area contributed by atoms with Gasteiger partial charge < -0.3 is 5.32 Å². The fourth-order valence-corrected chi connectivity index (χ4v) is 3.70. The molecule has 1 aromatic rings. The van der Waals surface area contributed by atoms with E-state index in [9.17, 15) is 0 Å². The van der Waals surface area contributed by atoms with Crippen molar-refractivity contribution in [3.8, 4) is 0 Å². The molecule has 0 bridgehead atoms. The summed E-state index contributed by atoms with van der Waals surface area (Å²) >= 11 is 3.64. The highest BCUT2D eigenvalue weighted by molar-refractivity contribution is 9.10. The Morgan fingerprint density at radius 1 is 1.15 bits per heavy atom.